The number of carboxylic acid groups (broad SMARTS) is 1. The van der Waals surface area contributed by atoms with Crippen LogP contribution in [-0.4, -0.2) is 16.1 Å². The van der Waals surface area contributed by atoms with E-state index in [1.165, 1.54) is 12.1 Å². The van der Waals surface area contributed by atoms with E-state index in [2.05, 4.69) is 4.98 Å². The van der Waals surface area contributed by atoms with Gasteiger partial charge in [0.05, 0.1) is 12.1 Å². The van der Waals surface area contributed by atoms with Gasteiger partial charge in [0.15, 0.2) is 0 Å². The summed E-state index contributed by atoms with van der Waals surface area (Å²) in [6.07, 6.45) is -0.383. The molecule has 0 saturated carbocycles. The van der Waals surface area contributed by atoms with Crippen molar-refractivity contribution in [3.05, 3.63) is 52.0 Å². The molecule has 19 heavy (non-hydrogen) atoms. The predicted octanol–water partition coefficient (Wildman–Crippen LogP) is 3.82. The third-order valence-corrected chi connectivity index (χ3v) is 3.03. The fourth-order valence-electron chi connectivity index (χ4n) is 1.71. The zero-order chi connectivity index (χ0) is 14.0. The van der Waals surface area contributed by atoms with Crippen LogP contribution in [0.1, 0.15) is 5.69 Å². The fourth-order valence-corrected chi connectivity index (χ4v) is 2.22. The molecule has 0 fully saturated rings. The Labute approximate surface area is 118 Å². The van der Waals surface area contributed by atoms with Crippen LogP contribution in [0.15, 0.2) is 30.3 Å². The summed E-state index contributed by atoms with van der Waals surface area (Å²) in [7, 11) is 0. The van der Waals surface area contributed by atoms with Crippen LogP contribution in [0.25, 0.3) is 11.1 Å². The molecule has 98 valence electrons. The molecule has 1 aromatic carbocycles. The van der Waals surface area contributed by atoms with Gasteiger partial charge >= 0.3 is 5.97 Å². The lowest BCUT2D eigenvalue weighted by atomic mass is 10.0. The van der Waals surface area contributed by atoms with Crippen LogP contribution in [0.3, 0.4) is 0 Å². The normalized spacial score (nSPS) is 10.5. The van der Waals surface area contributed by atoms with Crippen molar-refractivity contribution in [2.75, 3.05) is 0 Å². The second-order valence-electron chi connectivity index (χ2n) is 3.82. The lowest BCUT2D eigenvalue weighted by Crippen LogP contribution is -2.05. The van der Waals surface area contributed by atoms with Crippen molar-refractivity contribution in [3.8, 4) is 11.1 Å². The van der Waals surface area contributed by atoms with E-state index < -0.39 is 11.9 Å². The van der Waals surface area contributed by atoms with Crippen molar-refractivity contribution >= 4 is 29.2 Å². The molecule has 1 heterocycles. The zero-order valence-corrected chi connectivity index (χ0v) is 11.0. The Morgan fingerprint density at radius 3 is 2.53 bits per heavy atom. The first-order valence-corrected chi connectivity index (χ1v) is 6.05. The van der Waals surface area contributed by atoms with E-state index >= 15 is 0 Å². The lowest BCUT2D eigenvalue weighted by molar-refractivity contribution is -0.136. The van der Waals surface area contributed by atoms with E-state index in [0.29, 0.717) is 21.2 Å². The molecule has 1 aromatic heterocycles. The van der Waals surface area contributed by atoms with Gasteiger partial charge in [0.2, 0.25) is 5.95 Å². The van der Waals surface area contributed by atoms with Gasteiger partial charge in [-0.25, -0.2) is 4.98 Å². The fraction of sp³-hybridized carbons (Fsp3) is 0.0769. The summed E-state index contributed by atoms with van der Waals surface area (Å²) in [5.74, 6) is -1.82. The highest BCUT2D eigenvalue weighted by Gasteiger charge is 2.14. The van der Waals surface area contributed by atoms with E-state index in [-0.39, 0.29) is 12.1 Å². The Kier molecular flexibility index (Phi) is 4.02. The first kappa shape index (κ1) is 13.8. The highest BCUT2D eigenvalue weighted by Crippen LogP contribution is 2.32. The predicted molar refractivity (Wildman–Crippen MR) is 71.0 cm³/mol. The first-order chi connectivity index (χ1) is 8.97. The molecule has 0 aliphatic rings. The Morgan fingerprint density at radius 1 is 1.21 bits per heavy atom. The van der Waals surface area contributed by atoms with Crippen molar-refractivity contribution < 1.29 is 14.3 Å². The summed E-state index contributed by atoms with van der Waals surface area (Å²) in [5.41, 5.74) is 1.16. The molecule has 1 N–H and O–H groups in total. The number of nitrogens with zero attached hydrogens (tertiary/aromatic N) is 1. The molecule has 0 amide bonds. The standard InChI is InChI=1S/C13H8Cl2FNO2/c14-7-1-2-8(10(15)5-7)9-3-4-12(16)17-11(9)6-13(18)19/h1-5H,6H2,(H,18,19). The SMILES string of the molecule is O=C(O)Cc1nc(F)ccc1-c1ccc(Cl)cc1Cl. The number of aliphatic carboxylic acids is 1. The number of rotatable bonds is 3. The zero-order valence-electron chi connectivity index (χ0n) is 9.53. The minimum absolute atomic E-state index is 0.122. The Balaban J connectivity index is 2.57. The van der Waals surface area contributed by atoms with Crippen LogP contribution >= 0.6 is 23.2 Å². The smallest absolute Gasteiger partial charge is 0.309 e. The number of carboxylic acids is 1. The summed E-state index contributed by atoms with van der Waals surface area (Å²) >= 11 is 11.9. The third kappa shape index (κ3) is 3.22. The molecule has 0 aliphatic carbocycles. The summed E-state index contributed by atoms with van der Waals surface area (Å²) in [4.78, 5) is 14.4. The van der Waals surface area contributed by atoms with Gasteiger partial charge in [-0.3, -0.25) is 4.79 Å². The molecule has 3 nitrogen and oxygen atoms in total. The van der Waals surface area contributed by atoms with Gasteiger partial charge in [-0.05, 0) is 24.3 Å². The summed E-state index contributed by atoms with van der Waals surface area (Å²) < 4.78 is 13.1. The first-order valence-electron chi connectivity index (χ1n) is 5.30. The lowest BCUT2D eigenvalue weighted by Gasteiger charge is -2.09. The number of hydrogen-bond donors (Lipinski definition) is 1. The van der Waals surface area contributed by atoms with E-state index in [4.69, 9.17) is 28.3 Å². The molecular weight excluding hydrogens is 292 g/mol. The maximum atomic E-state index is 13.1. The number of halogens is 3. The molecule has 0 radical (unpaired) electrons. The molecule has 2 rings (SSSR count). The van der Waals surface area contributed by atoms with Gasteiger partial charge < -0.3 is 5.11 Å². The quantitative estimate of drug-likeness (QED) is 0.877. The average molecular weight is 300 g/mol. The Bertz CT molecular complexity index is 647. The molecule has 2 aromatic rings. The maximum absolute atomic E-state index is 13.1. The van der Waals surface area contributed by atoms with Crippen LogP contribution in [-0.2, 0) is 11.2 Å². The minimum atomic E-state index is -1.09. The second-order valence-corrected chi connectivity index (χ2v) is 4.67. The highest BCUT2D eigenvalue weighted by molar-refractivity contribution is 6.36. The number of hydrogen-bond acceptors (Lipinski definition) is 2. The van der Waals surface area contributed by atoms with E-state index in [9.17, 15) is 9.18 Å². The van der Waals surface area contributed by atoms with E-state index in [1.807, 2.05) is 0 Å². The topological polar surface area (TPSA) is 50.2 Å². The summed E-state index contributed by atoms with van der Waals surface area (Å²) in [6, 6.07) is 7.41. The second kappa shape index (κ2) is 5.55. The largest absolute Gasteiger partial charge is 0.481 e. The Hall–Kier alpha value is -1.65. The monoisotopic (exact) mass is 299 g/mol. The number of pyridine rings is 1. The van der Waals surface area contributed by atoms with Gasteiger partial charge in [0, 0.05) is 21.2 Å². The average Bonchev–Trinajstić information content (AvgIpc) is 2.30. The van der Waals surface area contributed by atoms with Gasteiger partial charge in [0.25, 0.3) is 0 Å². The highest BCUT2D eigenvalue weighted by atomic mass is 35.5. The molecule has 0 aliphatic heterocycles. The maximum Gasteiger partial charge on any atom is 0.309 e. The van der Waals surface area contributed by atoms with Crippen molar-refractivity contribution in [3.63, 3.8) is 0 Å². The molecular formula is C13H8Cl2FNO2. The van der Waals surface area contributed by atoms with Crippen molar-refractivity contribution in [2.45, 2.75) is 6.42 Å². The van der Waals surface area contributed by atoms with Crippen LogP contribution < -0.4 is 0 Å². The van der Waals surface area contributed by atoms with Crippen LogP contribution in [0, 0.1) is 5.95 Å². The van der Waals surface area contributed by atoms with E-state index in [1.54, 1.807) is 12.1 Å². The third-order valence-electron chi connectivity index (χ3n) is 2.48. The molecule has 0 saturated heterocycles. The minimum Gasteiger partial charge on any atom is -0.481 e. The summed E-state index contributed by atoms with van der Waals surface area (Å²) in [6.45, 7) is 0. The summed E-state index contributed by atoms with van der Waals surface area (Å²) in [5, 5.41) is 9.64. The van der Waals surface area contributed by atoms with Crippen LogP contribution in [0.2, 0.25) is 10.0 Å². The van der Waals surface area contributed by atoms with E-state index in [0.717, 1.165) is 6.07 Å². The van der Waals surface area contributed by atoms with Crippen LogP contribution in [0.5, 0.6) is 0 Å². The number of benzene rings is 1. The number of carbonyl (C=O) groups is 1. The molecule has 6 heteroatoms. The van der Waals surface area contributed by atoms with Crippen molar-refractivity contribution in [1.29, 1.82) is 0 Å². The number of aromatic nitrogens is 1. The van der Waals surface area contributed by atoms with Gasteiger partial charge in [-0.1, -0.05) is 29.3 Å². The van der Waals surface area contributed by atoms with Gasteiger partial charge in [0.1, 0.15) is 0 Å². The molecule has 0 bridgehead atoms. The van der Waals surface area contributed by atoms with Gasteiger partial charge in [-0.15, -0.1) is 0 Å². The molecule has 0 spiro atoms. The molecule has 0 atom stereocenters. The Morgan fingerprint density at radius 2 is 1.89 bits per heavy atom. The molecule has 0 unspecified atom stereocenters. The van der Waals surface area contributed by atoms with Crippen LogP contribution in [0.4, 0.5) is 4.39 Å². The van der Waals surface area contributed by atoms with Crippen molar-refractivity contribution in [2.24, 2.45) is 0 Å². The van der Waals surface area contributed by atoms with Crippen molar-refractivity contribution in [1.82, 2.24) is 4.98 Å². The van der Waals surface area contributed by atoms with Gasteiger partial charge in [-0.2, -0.15) is 4.39 Å².